The van der Waals surface area contributed by atoms with Crippen molar-refractivity contribution in [1.82, 2.24) is 30.0 Å². The Morgan fingerprint density at radius 2 is 1.89 bits per heavy atom. The van der Waals surface area contributed by atoms with E-state index in [2.05, 4.69) is 69.5 Å². The zero-order chi connectivity index (χ0) is 19.3. The van der Waals surface area contributed by atoms with Gasteiger partial charge in [-0.05, 0) is 34.7 Å². The van der Waals surface area contributed by atoms with Gasteiger partial charge >= 0.3 is 0 Å². The first kappa shape index (κ1) is 19.5. The van der Waals surface area contributed by atoms with E-state index in [0.29, 0.717) is 5.92 Å². The van der Waals surface area contributed by atoms with Crippen LogP contribution in [0.15, 0.2) is 30.3 Å². The zero-order valence-corrected chi connectivity index (χ0v) is 17.1. The third kappa shape index (κ3) is 4.59. The molecule has 28 heavy (non-hydrogen) atoms. The summed E-state index contributed by atoms with van der Waals surface area (Å²) in [4.78, 5) is 5.10. The number of hydrogen-bond donors (Lipinski definition) is 0. The lowest BCUT2D eigenvalue weighted by Gasteiger charge is -2.40. The average molecular weight is 385 g/mol. The van der Waals surface area contributed by atoms with E-state index in [-0.39, 0.29) is 12.1 Å². The molecule has 3 heterocycles. The third-order valence-corrected chi connectivity index (χ3v) is 5.91. The fourth-order valence-electron chi connectivity index (χ4n) is 4.46. The summed E-state index contributed by atoms with van der Waals surface area (Å²) in [5.41, 5.74) is 1.39. The van der Waals surface area contributed by atoms with Crippen LogP contribution in [-0.4, -0.2) is 68.9 Å². The lowest BCUT2D eigenvalue weighted by molar-refractivity contribution is 0.0607. The fourth-order valence-corrected chi connectivity index (χ4v) is 4.46. The molecule has 0 amide bonds. The Bertz CT molecular complexity index is 720. The minimum atomic E-state index is 0.246. The summed E-state index contributed by atoms with van der Waals surface area (Å²) in [6.07, 6.45) is 2.49. The molecule has 2 saturated heterocycles. The van der Waals surface area contributed by atoms with Gasteiger partial charge in [0.25, 0.3) is 0 Å². The summed E-state index contributed by atoms with van der Waals surface area (Å²) in [6, 6.07) is 11.0. The molecule has 2 aliphatic rings. The number of benzene rings is 1. The summed E-state index contributed by atoms with van der Waals surface area (Å²) < 4.78 is 7.78. The predicted molar refractivity (Wildman–Crippen MR) is 108 cm³/mol. The van der Waals surface area contributed by atoms with Gasteiger partial charge in [0.1, 0.15) is 0 Å². The standard InChI is InChI=1S/C21H32N6O/c1-17(2)20(21-22-23-24-27(21)16-19-9-6-14-28-19)26-12-10-25(11-13-26)15-18-7-4-3-5-8-18/h3-5,7-8,17,19-20H,6,9-16H2,1-2H3/t19-,20+/m0/s1. The van der Waals surface area contributed by atoms with Crippen molar-refractivity contribution in [3.63, 3.8) is 0 Å². The van der Waals surface area contributed by atoms with E-state index < -0.39 is 0 Å². The largest absolute Gasteiger partial charge is 0.376 e. The van der Waals surface area contributed by atoms with Gasteiger partial charge in [-0.1, -0.05) is 44.2 Å². The van der Waals surface area contributed by atoms with Gasteiger partial charge < -0.3 is 4.74 Å². The summed E-state index contributed by atoms with van der Waals surface area (Å²) in [5, 5.41) is 12.7. The first-order valence-corrected chi connectivity index (χ1v) is 10.6. The molecule has 0 N–H and O–H groups in total. The van der Waals surface area contributed by atoms with Crippen molar-refractivity contribution in [2.24, 2.45) is 5.92 Å². The van der Waals surface area contributed by atoms with Crippen molar-refractivity contribution in [1.29, 1.82) is 0 Å². The van der Waals surface area contributed by atoms with E-state index in [1.165, 1.54) is 5.56 Å². The van der Waals surface area contributed by atoms with E-state index in [1.807, 2.05) is 4.68 Å². The Hall–Kier alpha value is -1.83. The molecule has 2 fully saturated rings. The van der Waals surface area contributed by atoms with Crippen molar-refractivity contribution < 1.29 is 4.74 Å². The molecule has 0 spiro atoms. The van der Waals surface area contributed by atoms with Gasteiger partial charge in [-0.2, -0.15) is 0 Å². The predicted octanol–water partition coefficient (Wildman–Crippen LogP) is 2.37. The van der Waals surface area contributed by atoms with E-state index in [4.69, 9.17) is 4.74 Å². The molecular weight excluding hydrogens is 352 g/mol. The zero-order valence-electron chi connectivity index (χ0n) is 17.1. The molecule has 0 aliphatic carbocycles. The molecule has 2 aliphatic heterocycles. The fraction of sp³-hybridized carbons (Fsp3) is 0.667. The van der Waals surface area contributed by atoms with Crippen LogP contribution in [0.4, 0.5) is 0 Å². The number of aromatic nitrogens is 4. The molecule has 0 radical (unpaired) electrons. The van der Waals surface area contributed by atoms with Crippen LogP contribution in [0.2, 0.25) is 0 Å². The monoisotopic (exact) mass is 384 g/mol. The molecule has 4 rings (SSSR count). The van der Waals surface area contributed by atoms with Crippen molar-refractivity contribution in [3.05, 3.63) is 41.7 Å². The van der Waals surface area contributed by atoms with Crippen LogP contribution >= 0.6 is 0 Å². The van der Waals surface area contributed by atoms with Crippen molar-refractivity contribution >= 4 is 0 Å². The van der Waals surface area contributed by atoms with Gasteiger partial charge in [-0.15, -0.1) is 5.10 Å². The topological polar surface area (TPSA) is 59.3 Å². The van der Waals surface area contributed by atoms with Crippen molar-refractivity contribution in [2.45, 2.75) is 51.9 Å². The Morgan fingerprint density at radius 1 is 1.11 bits per heavy atom. The Morgan fingerprint density at radius 3 is 2.57 bits per heavy atom. The summed E-state index contributed by atoms with van der Waals surface area (Å²) >= 11 is 0. The van der Waals surface area contributed by atoms with Crippen LogP contribution in [-0.2, 0) is 17.8 Å². The van der Waals surface area contributed by atoms with Gasteiger partial charge in [-0.3, -0.25) is 9.80 Å². The molecule has 152 valence electrons. The molecule has 2 aromatic rings. The highest BCUT2D eigenvalue weighted by atomic mass is 16.5. The van der Waals surface area contributed by atoms with E-state index in [9.17, 15) is 0 Å². The molecule has 2 atom stereocenters. The lowest BCUT2D eigenvalue weighted by Crippen LogP contribution is -2.48. The number of ether oxygens (including phenoxy) is 1. The van der Waals surface area contributed by atoms with E-state index >= 15 is 0 Å². The van der Waals surface area contributed by atoms with Crippen LogP contribution in [0.3, 0.4) is 0 Å². The van der Waals surface area contributed by atoms with Crippen LogP contribution in [0.25, 0.3) is 0 Å². The second kappa shape index (κ2) is 9.11. The first-order valence-electron chi connectivity index (χ1n) is 10.6. The quantitative estimate of drug-likeness (QED) is 0.730. The van der Waals surface area contributed by atoms with E-state index in [0.717, 1.165) is 64.5 Å². The first-order chi connectivity index (χ1) is 13.7. The Labute approximate surface area is 167 Å². The van der Waals surface area contributed by atoms with Gasteiger partial charge in [0.15, 0.2) is 5.82 Å². The van der Waals surface area contributed by atoms with Crippen molar-refractivity contribution in [3.8, 4) is 0 Å². The molecule has 7 heteroatoms. The maximum Gasteiger partial charge on any atom is 0.168 e. The van der Waals surface area contributed by atoms with Gasteiger partial charge in [0.2, 0.25) is 0 Å². The SMILES string of the molecule is CC(C)[C@H](c1nnnn1C[C@@H]1CCCO1)N1CCN(Cc2ccccc2)CC1. The van der Waals surface area contributed by atoms with Crippen LogP contribution in [0.1, 0.15) is 44.1 Å². The van der Waals surface area contributed by atoms with Crippen molar-refractivity contribution in [2.75, 3.05) is 32.8 Å². The summed E-state index contributed by atoms with van der Waals surface area (Å²) in [5.74, 6) is 1.44. The van der Waals surface area contributed by atoms with E-state index in [1.54, 1.807) is 0 Å². The molecule has 1 aromatic carbocycles. The van der Waals surface area contributed by atoms with Gasteiger partial charge in [0.05, 0.1) is 18.7 Å². The van der Waals surface area contributed by atoms with Crippen LogP contribution in [0, 0.1) is 5.92 Å². The highest BCUT2D eigenvalue weighted by Crippen LogP contribution is 2.28. The smallest absolute Gasteiger partial charge is 0.168 e. The molecule has 7 nitrogen and oxygen atoms in total. The summed E-state index contributed by atoms with van der Waals surface area (Å²) in [6.45, 7) is 11.4. The van der Waals surface area contributed by atoms with Crippen LogP contribution in [0.5, 0.6) is 0 Å². The number of piperazine rings is 1. The minimum Gasteiger partial charge on any atom is -0.376 e. The average Bonchev–Trinajstić information content (AvgIpc) is 3.37. The molecule has 0 bridgehead atoms. The van der Waals surface area contributed by atoms with Crippen LogP contribution < -0.4 is 0 Å². The normalized spacial score (nSPS) is 22.8. The Balaban J connectivity index is 1.40. The molecular formula is C21H32N6O. The highest BCUT2D eigenvalue weighted by Gasteiger charge is 2.32. The van der Waals surface area contributed by atoms with Gasteiger partial charge in [-0.25, -0.2) is 4.68 Å². The molecule has 0 unspecified atom stereocenters. The molecule has 1 aromatic heterocycles. The number of nitrogens with zero attached hydrogens (tertiary/aromatic N) is 6. The number of rotatable bonds is 7. The van der Waals surface area contributed by atoms with Gasteiger partial charge in [0, 0.05) is 39.3 Å². The highest BCUT2D eigenvalue weighted by molar-refractivity contribution is 5.14. The lowest BCUT2D eigenvalue weighted by atomic mass is 10.0. The molecule has 0 saturated carbocycles. The second-order valence-electron chi connectivity index (χ2n) is 8.34. The number of hydrogen-bond acceptors (Lipinski definition) is 6. The minimum absolute atomic E-state index is 0.246. The maximum atomic E-state index is 5.80. The Kier molecular flexibility index (Phi) is 6.34. The third-order valence-electron chi connectivity index (χ3n) is 5.91. The second-order valence-corrected chi connectivity index (χ2v) is 8.34. The maximum absolute atomic E-state index is 5.80. The summed E-state index contributed by atoms with van der Waals surface area (Å²) in [7, 11) is 0. The number of tetrazole rings is 1.